The van der Waals surface area contributed by atoms with Crippen LogP contribution in [0.1, 0.15) is 138 Å². The Bertz CT molecular complexity index is 172. The summed E-state index contributed by atoms with van der Waals surface area (Å²) >= 11 is 0. The van der Waals surface area contributed by atoms with Crippen molar-refractivity contribution in [3.05, 3.63) is 13.2 Å². The average molecular weight is 341 g/mol. The van der Waals surface area contributed by atoms with E-state index in [1.165, 1.54) is 96.3 Å². The van der Waals surface area contributed by atoms with Crippen molar-refractivity contribution < 1.29 is 0 Å². The summed E-state index contributed by atoms with van der Waals surface area (Å²) in [4.78, 5) is 0. The Morgan fingerprint density at radius 3 is 1.04 bits per heavy atom. The maximum atomic E-state index is 3.00. The normalized spacial score (nSPS) is 13.4. The monoisotopic (exact) mass is 340 g/mol. The second-order valence-corrected chi connectivity index (χ2v) is 7.54. The molecule has 0 saturated heterocycles. The van der Waals surface area contributed by atoms with Crippen molar-refractivity contribution in [1.29, 1.82) is 0 Å². The van der Waals surface area contributed by atoms with E-state index in [4.69, 9.17) is 0 Å². The maximum Gasteiger partial charge on any atom is -0.0325 e. The molecule has 1 aliphatic carbocycles. The van der Waals surface area contributed by atoms with Crippen LogP contribution in [0.15, 0.2) is 13.2 Å². The molecule has 0 heteroatoms. The molecule has 0 aromatic carbocycles. The second kappa shape index (κ2) is 25.0. The van der Waals surface area contributed by atoms with E-state index in [0.717, 1.165) is 5.41 Å². The zero-order chi connectivity index (χ0) is 19.1. The van der Waals surface area contributed by atoms with Crippen molar-refractivity contribution >= 4 is 0 Å². The van der Waals surface area contributed by atoms with E-state index < -0.39 is 0 Å². The van der Waals surface area contributed by atoms with Crippen molar-refractivity contribution in [3.63, 3.8) is 0 Å². The molecule has 0 spiro atoms. The molecule has 0 aliphatic heterocycles. The summed E-state index contributed by atoms with van der Waals surface area (Å²) in [5.41, 5.74) is 0.802. The van der Waals surface area contributed by atoms with Gasteiger partial charge >= 0.3 is 0 Å². The largest absolute Gasteiger partial charge is 0.106 e. The lowest BCUT2D eigenvalue weighted by Crippen LogP contribution is -1.90. The summed E-state index contributed by atoms with van der Waals surface area (Å²) in [5.74, 6) is 0. The highest BCUT2D eigenvalue weighted by Crippen LogP contribution is 2.48. The van der Waals surface area contributed by atoms with Crippen molar-refractivity contribution in [1.82, 2.24) is 0 Å². The summed E-state index contributed by atoms with van der Waals surface area (Å²) < 4.78 is 0. The molecule has 0 aromatic rings. The highest BCUT2D eigenvalue weighted by Gasteiger charge is 2.35. The van der Waals surface area contributed by atoms with E-state index in [0.29, 0.717) is 0 Å². The lowest BCUT2D eigenvalue weighted by atomic mass is 10.0. The molecule has 0 atom stereocenters. The van der Waals surface area contributed by atoms with Gasteiger partial charge in [-0.2, -0.15) is 0 Å². The van der Waals surface area contributed by atoms with Crippen LogP contribution in [0.25, 0.3) is 0 Å². The molecule has 0 bridgehead atoms. The summed E-state index contributed by atoms with van der Waals surface area (Å²) in [5, 5.41) is 0. The van der Waals surface area contributed by atoms with E-state index in [2.05, 4.69) is 54.7 Å². The molecule has 0 aromatic heterocycles. The minimum atomic E-state index is 0.802. The van der Waals surface area contributed by atoms with E-state index in [1.54, 1.807) is 0 Å². The van der Waals surface area contributed by atoms with Crippen LogP contribution in [0.2, 0.25) is 0 Å². The number of unbranched alkanes of at least 4 members (excludes halogenated alkanes) is 9. The van der Waals surface area contributed by atoms with Gasteiger partial charge in [0.1, 0.15) is 0 Å². The Labute approximate surface area is 156 Å². The van der Waals surface area contributed by atoms with Gasteiger partial charge in [-0.15, -0.1) is 13.2 Å². The molecule has 0 amide bonds. The van der Waals surface area contributed by atoms with Crippen LogP contribution in [0.5, 0.6) is 0 Å². The molecule has 1 saturated carbocycles. The van der Waals surface area contributed by atoms with Crippen LogP contribution in [-0.4, -0.2) is 0 Å². The first kappa shape index (κ1) is 28.5. The Hall–Kier alpha value is -0.260. The van der Waals surface area contributed by atoms with Crippen molar-refractivity contribution in [2.24, 2.45) is 5.41 Å². The van der Waals surface area contributed by atoms with Gasteiger partial charge in [0.2, 0.25) is 0 Å². The fourth-order valence-electron chi connectivity index (χ4n) is 2.42. The van der Waals surface area contributed by atoms with Crippen LogP contribution < -0.4 is 0 Å². The number of rotatable bonds is 11. The number of hydrogen-bond donors (Lipinski definition) is 0. The highest BCUT2D eigenvalue weighted by molar-refractivity contribution is 4.87. The highest BCUT2D eigenvalue weighted by atomic mass is 14.4. The Balaban J connectivity index is -0.000000263. The Morgan fingerprint density at radius 1 is 0.542 bits per heavy atom. The topological polar surface area (TPSA) is 0 Å². The minimum absolute atomic E-state index is 0.802. The fourth-order valence-corrected chi connectivity index (χ4v) is 2.42. The molecular formula is C24H52. The van der Waals surface area contributed by atoms with Gasteiger partial charge in [-0.1, -0.05) is 119 Å². The van der Waals surface area contributed by atoms with Gasteiger partial charge in [-0.3, -0.25) is 0 Å². The molecule has 1 rings (SSSR count). The fraction of sp³-hybridized carbons (Fsp3) is 0.917. The SMILES string of the molecule is C=C.CCCCC1(C)CC1.CCCCCCC.CCCCCCC. The smallest absolute Gasteiger partial charge is 0.0325 e. The maximum absolute atomic E-state index is 3.00. The molecule has 24 heavy (non-hydrogen) atoms. The first-order valence-corrected chi connectivity index (χ1v) is 11.1. The van der Waals surface area contributed by atoms with Gasteiger partial charge in [0.15, 0.2) is 0 Å². The molecule has 0 N–H and O–H groups in total. The molecule has 0 radical (unpaired) electrons. The van der Waals surface area contributed by atoms with Gasteiger partial charge < -0.3 is 0 Å². The van der Waals surface area contributed by atoms with Crippen molar-refractivity contribution in [3.8, 4) is 0 Å². The van der Waals surface area contributed by atoms with E-state index >= 15 is 0 Å². The van der Waals surface area contributed by atoms with E-state index in [9.17, 15) is 0 Å². The van der Waals surface area contributed by atoms with Crippen LogP contribution >= 0.6 is 0 Å². The van der Waals surface area contributed by atoms with Crippen molar-refractivity contribution in [2.75, 3.05) is 0 Å². The quantitative estimate of drug-likeness (QED) is 0.259. The summed E-state index contributed by atoms with van der Waals surface area (Å²) in [7, 11) is 0. The van der Waals surface area contributed by atoms with Crippen LogP contribution in [0.4, 0.5) is 0 Å². The Morgan fingerprint density at radius 2 is 0.833 bits per heavy atom. The molecule has 0 unspecified atom stereocenters. The average Bonchev–Trinajstić information content (AvgIpc) is 3.35. The van der Waals surface area contributed by atoms with Crippen LogP contribution in [0.3, 0.4) is 0 Å². The van der Waals surface area contributed by atoms with Gasteiger partial charge in [-0.25, -0.2) is 0 Å². The zero-order valence-electron chi connectivity index (χ0n) is 18.5. The third kappa shape index (κ3) is 29.7. The third-order valence-electron chi connectivity index (χ3n) is 4.65. The summed E-state index contributed by atoms with van der Waals surface area (Å²) in [6.45, 7) is 19.7. The standard InChI is InChI=1S/C8H16.2C7H16.C2H4/c1-3-4-5-8(2)6-7-8;2*1-3-5-7-6-4-2;1-2/h3-7H2,1-2H3;2*3-7H2,1-2H3;1-2H2. The molecule has 1 fully saturated rings. The molecule has 0 nitrogen and oxygen atoms in total. The van der Waals surface area contributed by atoms with Gasteiger partial charge in [-0.05, 0) is 24.7 Å². The Kier molecular flexibility index (Phi) is 29.7. The lowest BCUT2D eigenvalue weighted by molar-refractivity contribution is 0.490. The second-order valence-electron chi connectivity index (χ2n) is 7.54. The van der Waals surface area contributed by atoms with Crippen LogP contribution in [-0.2, 0) is 0 Å². The predicted octanol–water partition coefficient (Wildman–Crippen LogP) is 9.73. The zero-order valence-corrected chi connectivity index (χ0v) is 18.5. The van der Waals surface area contributed by atoms with E-state index in [1.807, 2.05) is 0 Å². The number of hydrogen-bond acceptors (Lipinski definition) is 0. The van der Waals surface area contributed by atoms with Gasteiger partial charge in [0.25, 0.3) is 0 Å². The predicted molar refractivity (Wildman–Crippen MR) is 117 cm³/mol. The first-order chi connectivity index (χ1) is 11.6. The summed E-state index contributed by atoms with van der Waals surface area (Å²) in [6.07, 6.45) is 21.3. The van der Waals surface area contributed by atoms with Gasteiger partial charge in [0.05, 0.1) is 0 Å². The lowest BCUT2D eigenvalue weighted by Gasteiger charge is -2.03. The molecule has 148 valence electrons. The van der Waals surface area contributed by atoms with Gasteiger partial charge in [0, 0.05) is 0 Å². The summed E-state index contributed by atoms with van der Waals surface area (Å²) in [6, 6.07) is 0. The molecule has 0 heterocycles. The minimum Gasteiger partial charge on any atom is -0.106 e. The van der Waals surface area contributed by atoms with Crippen molar-refractivity contribution in [2.45, 2.75) is 138 Å². The molecular weight excluding hydrogens is 288 g/mol. The molecule has 1 aliphatic rings. The third-order valence-corrected chi connectivity index (χ3v) is 4.65. The first-order valence-electron chi connectivity index (χ1n) is 11.1. The van der Waals surface area contributed by atoms with Crippen LogP contribution in [0, 0.1) is 5.41 Å². The van der Waals surface area contributed by atoms with E-state index in [-0.39, 0.29) is 0 Å².